The number of carbonyl (C=O) groups is 3. The van der Waals surface area contributed by atoms with E-state index < -0.39 is 34.2 Å². The average molecular weight is 568 g/mol. The number of benzene rings is 1. The van der Waals surface area contributed by atoms with Crippen LogP contribution in [0.15, 0.2) is 55.6 Å². The normalized spacial score (nSPS) is 28.0. The molecule has 40 heavy (non-hydrogen) atoms. The Morgan fingerprint density at radius 2 is 1.80 bits per heavy atom. The van der Waals surface area contributed by atoms with Crippen molar-refractivity contribution >= 4 is 35.2 Å². The summed E-state index contributed by atoms with van der Waals surface area (Å²) < 4.78 is -0.717. The molecule has 1 aromatic rings. The van der Waals surface area contributed by atoms with Gasteiger partial charge in [0.05, 0.1) is 29.2 Å². The van der Waals surface area contributed by atoms with E-state index in [4.69, 9.17) is 0 Å². The number of hydrogen-bond donors (Lipinski definition) is 1. The molecule has 2 bridgehead atoms. The summed E-state index contributed by atoms with van der Waals surface area (Å²) in [5.41, 5.74) is 0.272. The zero-order valence-electron chi connectivity index (χ0n) is 24.6. The first kappa shape index (κ1) is 30.4. The predicted octanol–water partition coefficient (Wildman–Crippen LogP) is 4.52. The molecule has 3 heterocycles. The summed E-state index contributed by atoms with van der Waals surface area (Å²) in [7, 11) is 0. The fourth-order valence-electron chi connectivity index (χ4n) is 7.08. The van der Waals surface area contributed by atoms with E-state index in [0.717, 1.165) is 12.1 Å². The highest BCUT2D eigenvalue weighted by atomic mass is 32.2. The second-order valence-electron chi connectivity index (χ2n) is 12.7. The fourth-order valence-corrected chi connectivity index (χ4v) is 9.27. The second-order valence-corrected chi connectivity index (χ2v) is 14.4. The van der Waals surface area contributed by atoms with Crippen molar-refractivity contribution in [3.63, 3.8) is 0 Å². The molecule has 3 aliphatic rings. The number of anilines is 1. The van der Waals surface area contributed by atoms with Gasteiger partial charge in [0.15, 0.2) is 0 Å². The lowest BCUT2D eigenvalue weighted by molar-refractivity contribution is -0.148. The SMILES string of the molecule is C=CCN(C(=O)[C@@H]1[C@@H]2CCC3(S2)C(C(=O)N(CC=C)C(C)(C)C)N([C@@H](CO)CC(C)C)C(=O)[C@H]13)c1ccccc1. The van der Waals surface area contributed by atoms with Crippen molar-refractivity contribution in [1.29, 1.82) is 0 Å². The van der Waals surface area contributed by atoms with E-state index in [1.54, 1.807) is 38.6 Å². The molecule has 1 N–H and O–H groups in total. The molecule has 0 radical (unpaired) electrons. The van der Waals surface area contributed by atoms with Crippen LogP contribution in [-0.4, -0.2) is 79.9 Å². The minimum atomic E-state index is -0.752. The van der Waals surface area contributed by atoms with Crippen molar-refractivity contribution in [1.82, 2.24) is 9.80 Å². The van der Waals surface area contributed by atoms with E-state index in [1.807, 2.05) is 51.1 Å². The molecule has 1 spiro atoms. The number of hydrogen-bond acceptors (Lipinski definition) is 5. The molecule has 0 aromatic heterocycles. The van der Waals surface area contributed by atoms with E-state index in [-0.39, 0.29) is 35.5 Å². The van der Waals surface area contributed by atoms with E-state index in [2.05, 4.69) is 27.0 Å². The standard InChI is InChI=1S/C32H45N3O4S/c1-8-17-33(22-13-11-10-12-14-22)28(37)25-24-15-16-32(40-24)26(25)29(38)35(23(20-36)19-21(3)4)27(32)30(39)34(18-9-2)31(5,6)7/h8-14,21,23-27,36H,1-2,15-20H2,3-7H3/t23-,24+,25-,26+,27?,32?/m1/s1. The quantitative estimate of drug-likeness (QED) is 0.398. The molecule has 8 heteroatoms. The summed E-state index contributed by atoms with van der Waals surface area (Å²) in [6.45, 7) is 18.3. The van der Waals surface area contributed by atoms with Gasteiger partial charge in [-0.2, -0.15) is 0 Å². The van der Waals surface area contributed by atoms with E-state index in [9.17, 15) is 19.5 Å². The molecule has 7 nitrogen and oxygen atoms in total. The summed E-state index contributed by atoms with van der Waals surface area (Å²) in [5.74, 6) is -1.36. The van der Waals surface area contributed by atoms with Crippen LogP contribution in [-0.2, 0) is 14.4 Å². The zero-order valence-corrected chi connectivity index (χ0v) is 25.4. The van der Waals surface area contributed by atoms with Crippen LogP contribution < -0.4 is 4.90 Å². The van der Waals surface area contributed by atoms with Crippen LogP contribution in [0.3, 0.4) is 0 Å². The molecule has 0 saturated carbocycles. The van der Waals surface area contributed by atoms with E-state index in [0.29, 0.717) is 25.9 Å². The molecule has 3 fully saturated rings. The highest BCUT2D eigenvalue weighted by molar-refractivity contribution is 8.02. The Hall–Kier alpha value is -2.58. The summed E-state index contributed by atoms with van der Waals surface area (Å²) in [6.07, 6.45) is 5.45. The molecule has 1 aromatic carbocycles. The summed E-state index contributed by atoms with van der Waals surface area (Å²) >= 11 is 1.66. The maximum Gasteiger partial charge on any atom is 0.247 e. The largest absolute Gasteiger partial charge is 0.394 e. The Morgan fingerprint density at radius 3 is 2.35 bits per heavy atom. The first-order valence-electron chi connectivity index (χ1n) is 14.4. The summed E-state index contributed by atoms with van der Waals surface area (Å²) in [5, 5.41) is 10.5. The van der Waals surface area contributed by atoms with E-state index >= 15 is 0 Å². The third kappa shape index (κ3) is 5.13. The van der Waals surface area contributed by atoms with Gasteiger partial charge >= 0.3 is 0 Å². The lowest BCUT2D eigenvalue weighted by Gasteiger charge is -2.44. The van der Waals surface area contributed by atoms with Gasteiger partial charge < -0.3 is 19.8 Å². The molecule has 218 valence electrons. The molecular weight excluding hydrogens is 522 g/mol. The molecule has 0 aliphatic carbocycles. The molecule has 6 atom stereocenters. The number of para-hydroxylation sites is 1. The first-order valence-corrected chi connectivity index (χ1v) is 15.3. The van der Waals surface area contributed by atoms with Gasteiger partial charge in [0.1, 0.15) is 6.04 Å². The van der Waals surface area contributed by atoms with Gasteiger partial charge in [-0.1, -0.05) is 44.2 Å². The minimum Gasteiger partial charge on any atom is -0.394 e. The molecule has 3 saturated heterocycles. The molecule has 2 unspecified atom stereocenters. The van der Waals surface area contributed by atoms with Crippen LogP contribution in [0.5, 0.6) is 0 Å². The Kier molecular flexibility index (Phi) is 8.91. The van der Waals surface area contributed by atoms with E-state index in [1.165, 1.54) is 0 Å². The zero-order chi connectivity index (χ0) is 29.4. The lowest BCUT2D eigenvalue weighted by Crippen LogP contribution is -2.60. The summed E-state index contributed by atoms with van der Waals surface area (Å²) in [6, 6.07) is 8.24. The summed E-state index contributed by atoms with van der Waals surface area (Å²) in [4.78, 5) is 48.7. The number of amides is 3. The predicted molar refractivity (Wildman–Crippen MR) is 162 cm³/mol. The Morgan fingerprint density at radius 1 is 1.15 bits per heavy atom. The minimum absolute atomic E-state index is 0.0462. The number of carbonyl (C=O) groups excluding carboxylic acids is 3. The van der Waals surface area contributed by atoms with Gasteiger partial charge in [-0.15, -0.1) is 24.9 Å². The van der Waals surface area contributed by atoms with Crippen LogP contribution in [0.2, 0.25) is 0 Å². The van der Waals surface area contributed by atoms with Crippen molar-refractivity contribution in [3.8, 4) is 0 Å². The molecular formula is C32H45N3O4S. The smallest absolute Gasteiger partial charge is 0.247 e. The van der Waals surface area contributed by atoms with Crippen LogP contribution in [0.25, 0.3) is 0 Å². The van der Waals surface area contributed by atoms with Gasteiger partial charge in [0.2, 0.25) is 17.7 Å². The van der Waals surface area contributed by atoms with Crippen LogP contribution >= 0.6 is 11.8 Å². The number of aliphatic hydroxyl groups is 1. The van der Waals surface area contributed by atoms with Gasteiger partial charge in [-0.05, 0) is 58.1 Å². The monoisotopic (exact) mass is 567 g/mol. The third-order valence-electron chi connectivity index (χ3n) is 8.64. The van der Waals surface area contributed by atoms with Crippen molar-refractivity contribution in [2.24, 2.45) is 17.8 Å². The molecule has 4 rings (SSSR count). The Balaban J connectivity index is 1.82. The molecule has 3 aliphatic heterocycles. The number of fused-ring (bicyclic) bond motifs is 1. The van der Waals surface area contributed by atoms with Gasteiger partial charge in [-0.3, -0.25) is 14.4 Å². The van der Waals surface area contributed by atoms with Crippen molar-refractivity contribution in [2.75, 3.05) is 24.6 Å². The Bertz CT molecular complexity index is 1130. The number of rotatable bonds is 11. The Labute approximate surface area is 243 Å². The topological polar surface area (TPSA) is 81.2 Å². The maximum atomic E-state index is 14.6. The highest BCUT2D eigenvalue weighted by Crippen LogP contribution is 2.67. The first-order chi connectivity index (χ1) is 18.9. The van der Waals surface area contributed by atoms with Gasteiger partial charge in [0.25, 0.3) is 0 Å². The number of nitrogens with zero attached hydrogens (tertiary/aromatic N) is 3. The van der Waals surface area contributed by atoms with Gasteiger partial charge in [0, 0.05) is 29.6 Å². The third-order valence-corrected chi connectivity index (χ3v) is 10.6. The fraction of sp³-hybridized carbons (Fsp3) is 0.594. The average Bonchev–Trinajstić information content (AvgIpc) is 3.55. The lowest BCUT2D eigenvalue weighted by atomic mass is 9.70. The number of likely N-dealkylation sites (tertiary alicyclic amines) is 1. The van der Waals surface area contributed by atoms with Crippen molar-refractivity contribution < 1.29 is 19.5 Å². The van der Waals surface area contributed by atoms with Crippen LogP contribution in [0, 0.1) is 17.8 Å². The second kappa shape index (κ2) is 11.7. The maximum absolute atomic E-state index is 14.6. The molecule has 3 amide bonds. The van der Waals surface area contributed by atoms with Crippen LogP contribution in [0.1, 0.15) is 53.9 Å². The van der Waals surface area contributed by atoms with Crippen molar-refractivity contribution in [3.05, 3.63) is 55.6 Å². The highest BCUT2D eigenvalue weighted by Gasteiger charge is 2.74. The van der Waals surface area contributed by atoms with Gasteiger partial charge in [-0.25, -0.2) is 0 Å². The van der Waals surface area contributed by atoms with Crippen molar-refractivity contribution in [2.45, 2.75) is 81.5 Å². The number of thioether (sulfide) groups is 1. The number of aliphatic hydroxyl groups excluding tert-OH is 1. The van der Waals surface area contributed by atoms with Crippen LogP contribution in [0.4, 0.5) is 5.69 Å².